The number of hydrogen-bond acceptors (Lipinski definition) is 0. The van der Waals surface area contributed by atoms with Gasteiger partial charge in [0.2, 0.25) is 0 Å². The Hall–Kier alpha value is -1.56. The van der Waals surface area contributed by atoms with Crippen molar-refractivity contribution in [2.75, 3.05) is 0 Å². The Morgan fingerprint density at radius 2 is 0.818 bits per heavy atom. The lowest BCUT2D eigenvalue weighted by atomic mass is 9.56. The molecule has 0 spiro atoms. The molecule has 44 heavy (non-hydrogen) atoms. The number of fused-ring (bicyclic) bond motifs is 10. The van der Waals surface area contributed by atoms with Gasteiger partial charge in [-0.15, -0.1) is 0 Å². The molecule has 0 saturated heterocycles. The minimum Gasteiger partial charge on any atom is -0.0683 e. The van der Waals surface area contributed by atoms with Crippen molar-refractivity contribution in [3.05, 3.63) is 70.8 Å². The summed E-state index contributed by atoms with van der Waals surface area (Å²) in [5.74, 6) is 5.86. The van der Waals surface area contributed by atoms with Crippen molar-refractivity contribution in [2.24, 2.45) is 34.5 Å². The molecular formula is C44H72. The summed E-state index contributed by atoms with van der Waals surface area (Å²) in [4.78, 5) is 0. The summed E-state index contributed by atoms with van der Waals surface area (Å²) in [6.07, 6.45) is 20.5. The largest absolute Gasteiger partial charge is 0.0683 e. The molecule has 0 amide bonds. The molecule has 0 bridgehead atoms. The second-order valence-electron chi connectivity index (χ2n) is 14.4. The molecule has 0 aliphatic heterocycles. The van der Waals surface area contributed by atoms with Crippen LogP contribution in [0, 0.1) is 34.5 Å². The number of hydrogen-bond donors (Lipinski definition) is 0. The van der Waals surface area contributed by atoms with Crippen molar-refractivity contribution in [1.82, 2.24) is 0 Å². The van der Waals surface area contributed by atoms with Crippen LogP contribution >= 0.6 is 0 Å². The van der Waals surface area contributed by atoms with E-state index < -0.39 is 0 Å². The third-order valence-electron chi connectivity index (χ3n) is 12.8. The topological polar surface area (TPSA) is 0 Å². The molecule has 6 aliphatic rings. The maximum absolute atomic E-state index is 2.58. The minimum absolute atomic E-state index is 0.702. The summed E-state index contributed by atoms with van der Waals surface area (Å²) in [6, 6.07) is 18.5. The summed E-state index contributed by atoms with van der Waals surface area (Å²) in [5.41, 5.74) is 8.13. The third kappa shape index (κ3) is 7.36. The van der Waals surface area contributed by atoms with Crippen LogP contribution in [0.25, 0.3) is 0 Å². The van der Waals surface area contributed by atoms with E-state index in [0.717, 1.165) is 35.5 Å². The Morgan fingerprint density at radius 1 is 0.455 bits per heavy atom. The molecular weight excluding hydrogens is 528 g/mol. The predicted octanol–water partition coefficient (Wildman–Crippen LogP) is 14.0. The summed E-state index contributed by atoms with van der Waals surface area (Å²) in [6.45, 7) is 21.2. The molecule has 0 nitrogen and oxygen atoms in total. The first-order valence-corrected chi connectivity index (χ1v) is 19.7. The van der Waals surface area contributed by atoms with Crippen molar-refractivity contribution >= 4 is 0 Å². The van der Waals surface area contributed by atoms with Crippen molar-refractivity contribution < 1.29 is 0 Å². The van der Waals surface area contributed by atoms with Crippen molar-refractivity contribution in [1.29, 1.82) is 0 Å². The van der Waals surface area contributed by atoms with Gasteiger partial charge in [-0.2, -0.15) is 0 Å². The van der Waals surface area contributed by atoms with Gasteiger partial charge in [0.05, 0.1) is 0 Å². The van der Waals surface area contributed by atoms with Crippen molar-refractivity contribution in [3.8, 4) is 0 Å². The Labute approximate surface area is 275 Å². The summed E-state index contributed by atoms with van der Waals surface area (Å²) < 4.78 is 0. The molecule has 248 valence electrons. The average molecular weight is 601 g/mol. The highest BCUT2D eigenvalue weighted by Crippen LogP contribution is 2.62. The number of benzene rings is 2. The van der Waals surface area contributed by atoms with E-state index in [-0.39, 0.29) is 0 Å². The molecule has 0 aromatic heterocycles. The Bertz CT molecular complexity index is 1010. The molecule has 8 rings (SSSR count). The Kier molecular flexibility index (Phi) is 14.6. The van der Waals surface area contributed by atoms with Gasteiger partial charge in [0.1, 0.15) is 0 Å². The van der Waals surface area contributed by atoms with Crippen LogP contribution in [0.2, 0.25) is 0 Å². The summed E-state index contributed by atoms with van der Waals surface area (Å²) in [5, 5.41) is 0. The zero-order valence-electron chi connectivity index (χ0n) is 31.0. The van der Waals surface area contributed by atoms with Crippen LogP contribution in [0.4, 0.5) is 0 Å². The van der Waals surface area contributed by atoms with E-state index >= 15 is 0 Å². The molecule has 2 aromatic rings. The Balaban J connectivity index is 0.000000197. The lowest BCUT2D eigenvalue weighted by Gasteiger charge is -2.49. The zero-order chi connectivity index (χ0) is 32.3. The molecule has 0 radical (unpaired) electrons. The van der Waals surface area contributed by atoms with Crippen LogP contribution in [-0.4, -0.2) is 0 Å². The first-order valence-electron chi connectivity index (χ1n) is 19.7. The van der Waals surface area contributed by atoms with E-state index in [0.29, 0.717) is 10.8 Å². The number of aryl methyl sites for hydroxylation is 2. The van der Waals surface area contributed by atoms with Crippen LogP contribution < -0.4 is 0 Å². The second kappa shape index (κ2) is 17.4. The first-order chi connectivity index (χ1) is 21.6. The first kappa shape index (κ1) is 36.9. The van der Waals surface area contributed by atoms with Gasteiger partial charge in [0, 0.05) is 0 Å². The van der Waals surface area contributed by atoms with Gasteiger partial charge in [-0.25, -0.2) is 0 Å². The summed E-state index contributed by atoms with van der Waals surface area (Å²) >= 11 is 0. The fraction of sp³-hybridized carbons (Fsp3) is 0.727. The van der Waals surface area contributed by atoms with Crippen LogP contribution in [0.3, 0.4) is 0 Å². The molecule has 4 saturated carbocycles. The van der Waals surface area contributed by atoms with Gasteiger partial charge in [0.25, 0.3) is 0 Å². The summed E-state index contributed by atoms with van der Waals surface area (Å²) in [7, 11) is 0. The smallest absolute Gasteiger partial charge is 0.0128 e. The molecule has 0 unspecified atom stereocenters. The maximum Gasteiger partial charge on any atom is -0.0128 e. The highest BCUT2D eigenvalue weighted by Gasteiger charge is 2.51. The molecule has 0 heteroatoms. The average Bonchev–Trinajstić information content (AvgIpc) is 3.71. The van der Waals surface area contributed by atoms with Gasteiger partial charge in [-0.1, -0.05) is 131 Å². The van der Waals surface area contributed by atoms with Crippen LogP contribution in [-0.2, 0) is 12.8 Å². The highest BCUT2D eigenvalue weighted by molar-refractivity contribution is 5.35. The molecule has 4 fully saturated rings. The lowest BCUT2D eigenvalue weighted by Crippen LogP contribution is -2.39. The molecule has 0 N–H and O–H groups in total. The monoisotopic (exact) mass is 601 g/mol. The van der Waals surface area contributed by atoms with Crippen molar-refractivity contribution in [3.63, 3.8) is 0 Å². The predicted molar refractivity (Wildman–Crippen MR) is 197 cm³/mol. The Morgan fingerprint density at radius 3 is 1.20 bits per heavy atom. The molecule has 8 atom stereocenters. The van der Waals surface area contributed by atoms with E-state index in [1.807, 2.05) is 55.4 Å². The van der Waals surface area contributed by atoms with Crippen molar-refractivity contribution in [2.45, 2.75) is 171 Å². The fourth-order valence-corrected chi connectivity index (χ4v) is 11.0. The van der Waals surface area contributed by atoms with E-state index in [2.05, 4.69) is 62.4 Å². The maximum atomic E-state index is 2.58. The highest BCUT2D eigenvalue weighted by atomic mass is 14.6. The van der Waals surface area contributed by atoms with Gasteiger partial charge in [-0.05, 0) is 146 Å². The number of rotatable bonds is 0. The zero-order valence-corrected chi connectivity index (χ0v) is 31.0. The van der Waals surface area contributed by atoms with Crippen LogP contribution in [0.15, 0.2) is 48.5 Å². The van der Waals surface area contributed by atoms with Gasteiger partial charge >= 0.3 is 0 Å². The van der Waals surface area contributed by atoms with Crippen LogP contribution in [0.1, 0.15) is 180 Å². The second-order valence-corrected chi connectivity index (χ2v) is 14.4. The van der Waals surface area contributed by atoms with E-state index in [1.54, 1.807) is 22.3 Å². The molecule has 0 heterocycles. The van der Waals surface area contributed by atoms with E-state index in [4.69, 9.17) is 0 Å². The third-order valence-corrected chi connectivity index (χ3v) is 12.8. The quantitative estimate of drug-likeness (QED) is 0.282. The molecule has 2 aromatic carbocycles. The normalized spacial score (nSPS) is 34.9. The standard InChI is InChI=1S/2C18H24.4C2H6/c2*1-18-11-4-7-17(18)16-9-8-13-5-2-3-6-14(13)15(16)10-12-18;4*1-2/h2*2-3,5-6,15-17H,4,7-12H2,1H3;4*1-2H3/t2*15-,16-,17+,18+;;;;/m10..../s1. The minimum atomic E-state index is 0.702. The lowest BCUT2D eigenvalue weighted by molar-refractivity contribution is 0.0598. The fourth-order valence-electron chi connectivity index (χ4n) is 11.0. The van der Waals surface area contributed by atoms with Gasteiger partial charge in [-0.3, -0.25) is 0 Å². The van der Waals surface area contributed by atoms with Gasteiger partial charge < -0.3 is 0 Å². The SMILES string of the molecule is CC.CC.CC.CC.C[C@@]12CCC[C@H]1[C@@H]1CCc3ccccc3[C@H]1CC2.C[C@]12CCC[C@@H]1[C@H]1CCc3ccccc3[C@@H]1CC2. The van der Waals surface area contributed by atoms with E-state index in [1.165, 1.54) is 89.9 Å². The van der Waals surface area contributed by atoms with E-state index in [9.17, 15) is 0 Å². The van der Waals surface area contributed by atoms with Gasteiger partial charge in [0.15, 0.2) is 0 Å². The molecule has 6 aliphatic carbocycles. The van der Waals surface area contributed by atoms with Crippen LogP contribution in [0.5, 0.6) is 0 Å².